The fourth-order valence-electron chi connectivity index (χ4n) is 2.08. The molecule has 0 saturated carbocycles. The van der Waals surface area contributed by atoms with Gasteiger partial charge in [0.25, 0.3) is 0 Å². The standard InChI is InChI=1S/C11H11F3N2O3S/c12-11(13,14)8-3-1-2-4-9(8)16-6-7(5-10(16)17)20(15,18)19/h1-4,7H,5-6H2,(H2,15,18,19). The highest BCUT2D eigenvalue weighted by molar-refractivity contribution is 7.89. The van der Waals surface area contributed by atoms with Crippen LogP contribution in [0.25, 0.3) is 0 Å². The quantitative estimate of drug-likeness (QED) is 0.888. The van der Waals surface area contributed by atoms with E-state index in [1.54, 1.807) is 0 Å². The molecule has 1 atom stereocenters. The van der Waals surface area contributed by atoms with E-state index in [0.717, 1.165) is 17.0 Å². The summed E-state index contributed by atoms with van der Waals surface area (Å²) in [5.74, 6) is -0.694. The van der Waals surface area contributed by atoms with Gasteiger partial charge in [-0.25, -0.2) is 13.6 Å². The second kappa shape index (κ2) is 4.74. The van der Waals surface area contributed by atoms with Gasteiger partial charge in [0, 0.05) is 13.0 Å². The highest BCUT2D eigenvalue weighted by Gasteiger charge is 2.41. The van der Waals surface area contributed by atoms with Gasteiger partial charge in [-0.05, 0) is 12.1 Å². The molecule has 1 heterocycles. The Bertz CT molecular complexity index is 643. The van der Waals surface area contributed by atoms with Crippen LogP contribution in [0.1, 0.15) is 12.0 Å². The maximum absolute atomic E-state index is 12.9. The molecule has 110 valence electrons. The van der Waals surface area contributed by atoms with Crippen LogP contribution in [-0.4, -0.2) is 26.1 Å². The first-order valence-electron chi connectivity index (χ1n) is 5.59. The van der Waals surface area contributed by atoms with Crippen LogP contribution in [0.4, 0.5) is 18.9 Å². The molecule has 9 heteroatoms. The van der Waals surface area contributed by atoms with Crippen LogP contribution in [0.3, 0.4) is 0 Å². The minimum atomic E-state index is -4.63. The summed E-state index contributed by atoms with van der Waals surface area (Å²) in [6, 6.07) is 4.52. The molecule has 2 rings (SSSR count). The zero-order valence-electron chi connectivity index (χ0n) is 10.1. The summed E-state index contributed by atoms with van der Waals surface area (Å²) in [6.07, 6.45) is -5.04. The lowest BCUT2D eigenvalue weighted by molar-refractivity contribution is -0.137. The Kier molecular flexibility index (Phi) is 3.51. The molecule has 1 aromatic rings. The number of amides is 1. The number of nitrogens with zero attached hydrogens (tertiary/aromatic N) is 1. The molecule has 1 aliphatic rings. The van der Waals surface area contributed by atoms with Crippen molar-refractivity contribution >= 4 is 21.6 Å². The maximum atomic E-state index is 12.9. The van der Waals surface area contributed by atoms with E-state index in [1.165, 1.54) is 12.1 Å². The first kappa shape index (κ1) is 14.8. The molecule has 1 aromatic carbocycles. The second-order valence-electron chi connectivity index (χ2n) is 4.43. The fourth-order valence-corrected chi connectivity index (χ4v) is 2.81. The smallest absolute Gasteiger partial charge is 0.310 e. The zero-order chi connectivity index (χ0) is 15.1. The van der Waals surface area contributed by atoms with Gasteiger partial charge in [-0.1, -0.05) is 12.1 Å². The second-order valence-corrected chi connectivity index (χ2v) is 6.28. The molecule has 1 fully saturated rings. The first-order valence-corrected chi connectivity index (χ1v) is 7.20. The number of halogens is 3. The van der Waals surface area contributed by atoms with Gasteiger partial charge in [0.1, 0.15) is 5.25 Å². The van der Waals surface area contributed by atoms with Crippen molar-refractivity contribution in [3.63, 3.8) is 0 Å². The van der Waals surface area contributed by atoms with Gasteiger partial charge in [-0.3, -0.25) is 4.79 Å². The molecular formula is C11H11F3N2O3S. The Hall–Kier alpha value is -1.61. The molecule has 5 nitrogen and oxygen atoms in total. The van der Waals surface area contributed by atoms with Gasteiger partial charge in [0.2, 0.25) is 15.9 Å². The predicted molar refractivity (Wildman–Crippen MR) is 65.3 cm³/mol. The minimum Gasteiger partial charge on any atom is -0.310 e. The largest absolute Gasteiger partial charge is 0.418 e. The summed E-state index contributed by atoms with van der Waals surface area (Å²) in [5.41, 5.74) is -1.33. The van der Waals surface area contributed by atoms with Crippen molar-refractivity contribution in [2.45, 2.75) is 17.8 Å². The van der Waals surface area contributed by atoms with E-state index in [-0.39, 0.29) is 12.2 Å². The van der Waals surface area contributed by atoms with Crippen molar-refractivity contribution in [2.75, 3.05) is 11.4 Å². The van der Waals surface area contributed by atoms with Crippen molar-refractivity contribution in [1.29, 1.82) is 0 Å². The summed E-state index contributed by atoms with van der Waals surface area (Å²) >= 11 is 0. The summed E-state index contributed by atoms with van der Waals surface area (Å²) in [6.45, 7) is -0.370. The van der Waals surface area contributed by atoms with Crippen LogP contribution >= 0.6 is 0 Å². The van der Waals surface area contributed by atoms with Crippen LogP contribution < -0.4 is 10.0 Å². The number of alkyl halides is 3. The lowest BCUT2D eigenvalue weighted by Crippen LogP contribution is -2.32. The normalized spacial score (nSPS) is 20.5. The van der Waals surface area contributed by atoms with Crippen LogP contribution in [0.2, 0.25) is 0 Å². The van der Waals surface area contributed by atoms with Gasteiger partial charge in [0.05, 0.1) is 11.3 Å². The number of benzene rings is 1. The molecule has 1 amide bonds. The summed E-state index contributed by atoms with van der Waals surface area (Å²) < 4.78 is 61.1. The SMILES string of the molecule is NS(=O)(=O)C1CC(=O)N(c2ccccc2C(F)(F)F)C1. The molecule has 0 radical (unpaired) electrons. The lowest BCUT2D eigenvalue weighted by Gasteiger charge is -2.21. The lowest BCUT2D eigenvalue weighted by atomic mass is 10.1. The Morgan fingerprint density at radius 3 is 2.35 bits per heavy atom. The molecule has 0 bridgehead atoms. The van der Waals surface area contributed by atoms with E-state index in [1.807, 2.05) is 0 Å². The van der Waals surface area contributed by atoms with E-state index < -0.39 is 39.3 Å². The highest BCUT2D eigenvalue weighted by Crippen LogP contribution is 2.38. The minimum absolute atomic E-state index is 0.351. The maximum Gasteiger partial charge on any atom is 0.418 e. The molecular weight excluding hydrogens is 297 g/mol. The van der Waals surface area contributed by atoms with E-state index in [4.69, 9.17) is 5.14 Å². The molecule has 1 saturated heterocycles. The monoisotopic (exact) mass is 308 g/mol. The van der Waals surface area contributed by atoms with E-state index >= 15 is 0 Å². The molecule has 20 heavy (non-hydrogen) atoms. The number of carbonyl (C=O) groups excluding carboxylic acids is 1. The van der Waals surface area contributed by atoms with Crippen molar-refractivity contribution in [3.8, 4) is 0 Å². The van der Waals surface area contributed by atoms with Crippen LogP contribution in [0, 0.1) is 0 Å². The molecule has 2 N–H and O–H groups in total. The van der Waals surface area contributed by atoms with Crippen molar-refractivity contribution in [1.82, 2.24) is 0 Å². The molecule has 0 aliphatic carbocycles. The number of anilines is 1. The Balaban J connectivity index is 2.41. The van der Waals surface area contributed by atoms with Gasteiger partial charge >= 0.3 is 6.18 Å². The number of primary sulfonamides is 1. The zero-order valence-corrected chi connectivity index (χ0v) is 10.9. The number of hydrogen-bond acceptors (Lipinski definition) is 3. The third-order valence-corrected chi connectivity index (χ3v) is 4.30. The third kappa shape index (κ3) is 2.78. The highest BCUT2D eigenvalue weighted by atomic mass is 32.2. The van der Waals surface area contributed by atoms with Crippen molar-refractivity contribution < 1.29 is 26.4 Å². The van der Waals surface area contributed by atoms with Gasteiger partial charge < -0.3 is 4.90 Å². The van der Waals surface area contributed by atoms with Crippen LogP contribution in [0.15, 0.2) is 24.3 Å². The third-order valence-electron chi connectivity index (χ3n) is 3.05. The van der Waals surface area contributed by atoms with E-state index in [0.29, 0.717) is 0 Å². The summed E-state index contributed by atoms with van der Waals surface area (Å²) in [7, 11) is -3.97. The van der Waals surface area contributed by atoms with E-state index in [2.05, 4.69) is 0 Å². The fraction of sp³-hybridized carbons (Fsp3) is 0.364. The van der Waals surface area contributed by atoms with Crippen molar-refractivity contribution in [3.05, 3.63) is 29.8 Å². The van der Waals surface area contributed by atoms with Gasteiger partial charge in [0.15, 0.2) is 0 Å². The Morgan fingerprint density at radius 1 is 1.25 bits per heavy atom. The van der Waals surface area contributed by atoms with Crippen molar-refractivity contribution in [2.24, 2.45) is 5.14 Å². The summed E-state index contributed by atoms with van der Waals surface area (Å²) in [4.78, 5) is 12.6. The number of para-hydroxylation sites is 1. The summed E-state index contributed by atoms with van der Waals surface area (Å²) in [5, 5.41) is 3.75. The van der Waals surface area contributed by atoms with Gasteiger partial charge in [-0.15, -0.1) is 0 Å². The number of nitrogens with two attached hydrogens (primary N) is 1. The topological polar surface area (TPSA) is 80.5 Å². The first-order chi connectivity index (χ1) is 9.10. The number of hydrogen-bond donors (Lipinski definition) is 1. The van der Waals surface area contributed by atoms with Crippen LogP contribution in [-0.2, 0) is 21.0 Å². The molecule has 1 aliphatic heterocycles. The Morgan fingerprint density at radius 2 is 1.85 bits per heavy atom. The Labute approximate surface area is 113 Å². The average molecular weight is 308 g/mol. The number of sulfonamides is 1. The number of rotatable bonds is 2. The average Bonchev–Trinajstić information content (AvgIpc) is 2.70. The molecule has 1 unspecified atom stereocenters. The van der Waals surface area contributed by atoms with Crippen LogP contribution in [0.5, 0.6) is 0 Å². The van der Waals surface area contributed by atoms with Gasteiger partial charge in [-0.2, -0.15) is 13.2 Å². The predicted octanol–water partition coefficient (Wildman–Crippen LogP) is 1.10. The molecule has 0 aromatic heterocycles. The molecule has 0 spiro atoms. The van der Waals surface area contributed by atoms with E-state index in [9.17, 15) is 26.4 Å². The number of carbonyl (C=O) groups is 1.